The van der Waals surface area contributed by atoms with Crippen LogP contribution in [0.3, 0.4) is 0 Å². The van der Waals surface area contributed by atoms with E-state index in [9.17, 15) is 19.5 Å². The number of carbonyl (C=O) groups excluding carboxylic acids is 3. The molecule has 254 valence electrons. The predicted molar refractivity (Wildman–Crippen MR) is 186 cm³/mol. The molecule has 1 aliphatic carbocycles. The highest BCUT2D eigenvalue weighted by atomic mass is 35.5. The molecule has 11 nitrogen and oxygen atoms in total. The van der Waals surface area contributed by atoms with Crippen LogP contribution >= 0.6 is 11.6 Å². The summed E-state index contributed by atoms with van der Waals surface area (Å²) in [6.45, 7) is 0.704. The van der Waals surface area contributed by atoms with Crippen molar-refractivity contribution in [2.24, 2.45) is 18.0 Å². The number of aromatic hydroxyl groups is 1. The maximum absolute atomic E-state index is 14.5. The van der Waals surface area contributed by atoms with Gasteiger partial charge in [0.1, 0.15) is 28.9 Å². The number of aliphatic imine (C=N–C) groups is 1. The Morgan fingerprint density at radius 3 is 2.48 bits per heavy atom. The van der Waals surface area contributed by atoms with E-state index in [4.69, 9.17) is 21.1 Å². The van der Waals surface area contributed by atoms with Gasteiger partial charge in [0.15, 0.2) is 0 Å². The van der Waals surface area contributed by atoms with Gasteiger partial charge in [-0.05, 0) is 55.3 Å². The second kappa shape index (κ2) is 13.9. The van der Waals surface area contributed by atoms with E-state index in [0.717, 1.165) is 12.8 Å². The first-order valence-electron chi connectivity index (χ1n) is 16.4. The zero-order valence-corrected chi connectivity index (χ0v) is 28.0. The zero-order chi connectivity index (χ0) is 34.8. The Morgan fingerprint density at radius 2 is 1.76 bits per heavy atom. The Kier molecular flexibility index (Phi) is 9.25. The highest BCUT2D eigenvalue weighted by Crippen LogP contribution is 2.38. The third-order valence-electron chi connectivity index (χ3n) is 8.99. The summed E-state index contributed by atoms with van der Waals surface area (Å²) in [5.74, 6) is 4.81. The van der Waals surface area contributed by atoms with E-state index >= 15 is 0 Å². The molecule has 1 saturated carbocycles. The molecule has 4 aromatic rings. The first-order valence-corrected chi connectivity index (χ1v) is 16.8. The van der Waals surface area contributed by atoms with Gasteiger partial charge in [-0.2, -0.15) is 5.10 Å². The number of hydrogen-bond acceptors (Lipinski definition) is 7. The summed E-state index contributed by atoms with van der Waals surface area (Å²) in [4.78, 5) is 47.0. The number of hydrogen-bond donors (Lipinski definition) is 2. The number of nitrogens with one attached hydrogen (secondary N) is 1. The molecular weight excluding hydrogens is 658 g/mol. The molecule has 1 aromatic heterocycles. The maximum Gasteiger partial charge on any atom is 0.276 e. The molecule has 3 fully saturated rings. The maximum atomic E-state index is 14.5. The highest BCUT2D eigenvalue weighted by molar-refractivity contribution is 6.47. The molecule has 2 N–H and O–H groups in total. The van der Waals surface area contributed by atoms with Gasteiger partial charge in [-0.15, -0.1) is 0 Å². The molecule has 50 heavy (non-hydrogen) atoms. The van der Waals surface area contributed by atoms with Crippen LogP contribution < -0.4 is 5.32 Å². The summed E-state index contributed by atoms with van der Waals surface area (Å²) >= 11 is 6.16. The largest absolute Gasteiger partial charge is 0.507 e. The van der Waals surface area contributed by atoms with Gasteiger partial charge in [-0.1, -0.05) is 53.8 Å². The summed E-state index contributed by atoms with van der Waals surface area (Å²) < 4.78 is 13.5. The second-order valence-electron chi connectivity index (χ2n) is 12.5. The van der Waals surface area contributed by atoms with Gasteiger partial charge in [0.25, 0.3) is 5.91 Å². The van der Waals surface area contributed by atoms with E-state index in [1.807, 2.05) is 6.07 Å². The van der Waals surface area contributed by atoms with Gasteiger partial charge in [0.2, 0.25) is 11.8 Å². The molecule has 3 heterocycles. The summed E-state index contributed by atoms with van der Waals surface area (Å²) in [6, 6.07) is 19.6. The number of anilines is 1. The number of amides is 3. The Hall–Kier alpha value is -5.28. The van der Waals surface area contributed by atoms with Crippen LogP contribution in [0.15, 0.2) is 84.0 Å². The topological polar surface area (TPSA) is 135 Å². The van der Waals surface area contributed by atoms with E-state index in [0.29, 0.717) is 64.7 Å². The van der Waals surface area contributed by atoms with Crippen LogP contribution in [0.25, 0.3) is 11.3 Å². The predicted octanol–water partition coefficient (Wildman–Crippen LogP) is 4.94. The Labute approximate surface area is 293 Å². The van der Waals surface area contributed by atoms with E-state index in [2.05, 4.69) is 27.2 Å². The molecule has 7 rings (SSSR count). The Bertz CT molecular complexity index is 2040. The molecule has 3 aromatic carbocycles. The summed E-state index contributed by atoms with van der Waals surface area (Å²) in [6.07, 6.45) is 4.02. The van der Waals surface area contributed by atoms with Gasteiger partial charge >= 0.3 is 0 Å². The van der Waals surface area contributed by atoms with Crippen molar-refractivity contribution >= 4 is 40.7 Å². The molecule has 1 spiro atoms. The van der Waals surface area contributed by atoms with Crippen LogP contribution in [0.1, 0.15) is 42.4 Å². The van der Waals surface area contributed by atoms with E-state index in [1.54, 1.807) is 78.6 Å². The van der Waals surface area contributed by atoms with Crippen molar-refractivity contribution in [1.29, 1.82) is 0 Å². The highest BCUT2D eigenvalue weighted by Gasteiger charge is 2.54. The van der Waals surface area contributed by atoms with Crippen LogP contribution in [0.5, 0.6) is 5.75 Å². The number of aromatic nitrogens is 2. The normalized spacial score (nSPS) is 18.4. The lowest BCUT2D eigenvalue weighted by atomic mass is 9.99. The van der Waals surface area contributed by atoms with Crippen molar-refractivity contribution in [1.82, 2.24) is 14.7 Å². The summed E-state index contributed by atoms with van der Waals surface area (Å²) in [5, 5.41) is 18.3. The SMILES string of the molecule is Cn1cc(C#Cc2ccc(NC(=O)[C@@H]3COC4(CCOCC4)N3C(=O)C(=NC(=O)C3CC3)c3ccccc3)cc2)c(-c2cc(Cl)ccc2O)n1. The molecular formula is C38H34ClN5O6. The number of benzene rings is 3. The number of phenols is 1. The van der Waals surface area contributed by atoms with E-state index in [-0.39, 0.29) is 29.9 Å². The van der Waals surface area contributed by atoms with Crippen LogP contribution in [-0.2, 0) is 30.9 Å². The fourth-order valence-corrected chi connectivity index (χ4v) is 6.39. The summed E-state index contributed by atoms with van der Waals surface area (Å²) in [7, 11) is 1.77. The van der Waals surface area contributed by atoms with Crippen molar-refractivity contribution in [2.75, 3.05) is 25.1 Å². The molecule has 2 saturated heterocycles. The first-order chi connectivity index (χ1) is 24.2. The fraction of sp³-hybridized carbons (Fsp3) is 0.289. The van der Waals surface area contributed by atoms with Crippen molar-refractivity contribution in [3.63, 3.8) is 0 Å². The van der Waals surface area contributed by atoms with Crippen molar-refractivity contribution < 1.29 is 29.0 Å². The monoisotopic (exact) mass is 691 g/mol. The number of nitrogens with zero attached hydrogens (tertiary/aromatic N) is 4. The minimum atomic E-state index is -1.07. The van der Waals surface area contributed by atoms with Gasteiger partial charge in [-0.3, -0.25) is 24.0 Å². The molecule has 2 aliphatic heterocycles. The van der Waals surface area contributed by atoms with E-state index in [1.165, 1.54) is 11.0 Å². The standard InChI is InChI=1S/C38H34ClN5O6/c1-43-22-27(33(42-43)30-21-28(39)13-16-32(30)45)10-7-24-8-14-29(15-9-24)40-36(47)31-23-50-38(17-19-49-20-18-38)44(31)37(48)34(25-5-3-2-4-6-25)41-35(46)26-11-12-26/h2-6,8-9,13-16,21-22,26,31,45H,11-12,17-20,23H2,1H3,(H,40,47)/t31-/m0/s1. The van der Waals surface area contributed by atoms with Crippen molar-refractivity contribution in [3.8, 4) is 28.8 Å². The molecule has 12 heteroatoms. The minimum Gasteiger partial charge on any atom is -0.507 e. The third-order valence-corrected chi connectivity index (χ3v) is 9.23. The average molecular weight is 692 g/mol. The van der Waals surface area contributed by atoms with Crippen LogP contribution in [0.4, 0.5) is 5.69 Å². The van der Waals surface area contributed by atoms with Gasteiger partial charge in [-0.25, -0.2) is 4.99 Å². The smallest absolute Gasteiger partial charge is 0.276 e. The average Bonchev–Trinajstić information content (AvgIpc) is 3.83. The van der Waals surface area contributed by atoms with Gasteiger partial charge in [0, 0.05) is 59.4 Å². The number of ether oxygens (including phenoxy) is 2. The molecule has 0 radical (unpaired) electrons. The van der Waals surface area contributed by atoms with Gasteiger partial charge < -0.3 is 19.9 Å². The van der Waals surface area contributed by atoms with Crippen molar-refractivity contribution in [3.05, 3.63) is 101 Å². The van der Waals surface area contributed by atoms with Crippen LogP contribution in [0, 0.1) is 17.8 Å². The lowest BCUT2D eigenvalue weighted by Crippen LogP contribution is -2.58. The van der Waals surface area contributed by atoms with Gasteiger partial charge in [0.05, 0.1) is 25.4 Å². The lowest BCUT2D eigenvalue weighted by Gasteiger charge is -2.41. The quantitative estimate of drug-likeness (QED) is 0.216. The lowest BCUT2D eigenvalue weighted by molar-refractivity contribution is -0.164. The first kappa shape index (κ1) is 33.2. The van der Waals surface area contributed by atoms with E-state index < -0.39 is 23.6 Å². The summed E-state index contributed by atoms with van der Waals surface area (Å²) in [5.41, 5.74) is 2.20. The van der Waals surface area contributed by atoms with Crippen LogP contribution in [-0.4, -0.2) is 74.8 Å². The number of aryl methyl sites for hydroxylation is 1. The molecule has 3 aliphatic rings. The third kappa shape index (κ3) is 6.91. The zero-order valence-electron chi connectivity index (χ0n) is 27.3. The Balaban J connectivity index is 1.12. The van der Waals surface area contributed by atoms with Crippen molar-refractivity contribution in [2.45, 2.75) is 37.5 Å². The second-order valence-corrected chi connectivity index (χ2v) is 13.0. The number of halogens is 1. The number of rotatable bonds is 6. The number of phenolic OH excluding ortho intramolecular Hbond substituents is 1. The Morgan fingerprint density at radius 1 is 1.02 bits per heavy atom. The minimum absolute atomic E-state index is 0.00180. The molecule has 1 atom stereocenters. The molecule has 0 unspecified atom stereocenters. The van der Waals surface area contributed by atoms with Crippen LogP contribution in [0.2, 0.25) is 5.02 Å². The number of carbonyl (C=O) groups is 3. The fourth-order valence-electron chi connectivity index (χ4n) is 6.21. The molecule has 3 amide bonds. The molecule has 0 bridgehead atoms.